The number of sulfonamides is 1. The number of carboxylic acid groups (broad SMARTS) is 1. The molecule has 2 aromatic rings. The Labute approximate surface area is 133 Å². The highest BCUT2D eigenvalue weighted by molar-refractivity contribution is 7.92. The Hall–Kier alpha value is -2.55. The van der Waals surface area contributed by atoms with Crippen molar-refractivity contribution in [1.29, 1.82) is 0 Å². The smallest absolute Gasteiger partial charge is 0.335 e. The van der Waals surface area contributed by atoms with Gasteiger partial charge in [0, 0.05) is 7.05 Å². The molecule has 0 saturated heterocycles. The monoisotopic (exact) mass is 339 g/mol. The minimum Gasteiger partial charge on any atom is -0.478 e. The van der Waals surface area contributed by atoms with E-state index < -0.39 is 16.0 Å². The second-order valence-electron chi connectivity index (χ2n) is 5.05. The third-order valence-corrected chi connectivity index (χ3v) is 4.88. The van der Waals surface area contributed by atoms with Gasteiger partial charge in [0.05, 0.1) is 23.8 Å². The molecule has 1 aromatic carbocycles. The number of carbonyl (C=O) groups is 1. The van der Waals surface area contributed by atoms with Gasteiger partial charge in [-0.2, -0.15) is 0 Å². The zero-order chi connectivity index (χ0) is 17.4. The van der Waals surface area contributed by atoms with Crippen LogP contribution in [0.15, 0.2) is 23.2 Å². The van der Waals surface area contributed by atoms with Gasteiger partial charge in [0.25, 0.3) is 15.9 Å². The van der Waals surface area contributed by atoms with Crippen molar-refractivity contribution in [3.8, 4) is 5.88 Å². The molecule has 2 rings (SSSR count). The summed E-state index contributed by atoms with van der Waals surface area (Å²) in [6.07, 6.45) is 1.46. The molecular weight excluding hydrogens is 322 g/mol. The Kier molecular flexibility index (Phi) is 4.33. The van der Waals surface area contributed by atoms with Crippen LogP contribution in [0.5, 0.6) is 5.88 Å². The standard InChI is InChI=1S/C14H17N3O5S/c1-8-5-10(14(18)19)6-12(9(8)2)23(20,21)16-11-7-17(3)15-13(11)22-4/h5-7,16H,1-4H3,(H,18,19). The van der Waals surface area contributed by atoms with E-state index in [0.29, 0.717) is 11.1 Å². The fourth-order valence-electron chi connectivity index (χ4n) is 2.12. The maximum absolute atomic E-state index is 12.6. The first-order valence-corrected chi connectivity index (χ1v) is 8.09. The molecule has 0 aliphatic heterocycles. The first-order valence-electron chi connectivity index (χ1n) is 6.60. The van der Waals surface area contributed by atoms with Crippen molar-refractivity contribution >= 4 is 21.7 Å². The number of nitrogens with one attached hydrogen (secondary N) is 1. The summed E-state index contributed by atoms with van der Waals surface area (Å²) in [6.45, 7) is 3.28. The number of aromatic nitrogens is 2. The number of benzene rings is 1. The lowest BCUT2D eigenvalue weighted by molar-refractivity contribution is 0.0696. The van der Waals surface area contributed by atoms with Crippen LogP contribution in [0, 0.1) is 13.8 Å². The van der Waals surface area contributed by atoms with Crippen LogP contribution in [0.2, 0.25) is 0 Å². The van der Waals surface area contributed by atoms with Gasteiger partial charge in [-0.3, -0.25) is 9.40 Å². The largest absolute Gasteiger partial charge is 0.478 e. The van der Waals surface area contributed by atoms with Gasteiger partial charge in [-0.25, -0.2) is 13.2 Å². The van der Waals surface area contributed by atoms with Gasteiger partial charge < -0.3 is 9.84 Å². The van der Waals surface area contributed by atoms with Crippen molar-refractivity contribution in [3.63, 3.8) is 0 Å². The molecule has 0 fully saturated rings. The van der Waals surface area contributed by atoms with Gasteiger partial charge >= 0.3 is 5.97 Å². The summed E-state index contributed by atoms with van der Waals surface area (Å²) in [6, 6.07) is 2.57. The zero-order valence-corrected chi connectivity index (χ0v) is 13.9. The minimum absolute atomic E-state index is 0.0911. The number of hydrogen-bond donors (Lipinski definition) is 2. The van der Waals surface area contributed by atoms with E-state index in [1.54, 1.807) is 20.9 Å². The first kappa shape index (κ1) is 16.8. The summed E-state index contributed by atoms with van der Waals surface area (Å²) in [4.78, 5) is 11.1. The summed E-state index contributed by atoms with van der Waals surface area (Å²) >= 11 is 0. The molecule has 1 aromatic heterocycles. The summed E-state index contributed by atoms with van der Waals surface area (Å²) < 4.78 is 34.1. The van der Waals surface area contributed by atoms with Crippen molar-refractivity contribution in [3.05, 3.63) is 35.0 Å². The predicted octanol–water partition coefficient (Wildman–Crippen LogP) is 1.54. The van der Waals surface area contributed by atoms with E-state index in [1.807, 2.05) is 0 Å². The Morgan fingerprint density at radius 2 is 2.00 bits per heavy atom. The van der Waals surface area contributed by atoms with Gasteiger partial charge in [0.2, 0.25) is 0 Å². The quantitative estimate of drug-likeness (QED) is 0.855. The average Bonchev–Trinajstić information content (AvgIpc) is 2.80. The van der Waals surface area contributed by atoms with Crippen molar-refractivity contribution in [1.82, 2.24) is 9.78 Å². The van der Waals surface area contributed by atoms with Gasteiger partial charge in [-0.05, 0) is 37.1 Å². The topological polar surface area (TPSA) is 111 Å². The second kappa shape index (κ2) is 5.92. The molecule has 8 nitrogen and oxygen atoms in total. The second-order valence-corrected chi connectivity index (χ2v) is 6.70. The van der Waals surface area contributed by atoms with Gasteiger partial charge in [0.1, 0.15) is 5.69 Å². The average molecular weight is 339 g/mol. The minimum atomic E-state index is -3.99. The number of aromatic carboxylic acids is 1. The molecule has 1 heterocycles. The molecule has 2 N–H and O–H groups in total. The molecule has 0 spiro atoms. The number of ether oxygens (including phenoxy) is 1. The van der Waals surface area contributed by atoms with Gasteiger partial charge in [0.15, 0.2) is 0 Å². The van der Waals surface area contributed by atoms with Crippen LogP contribution in [0.1, 0.15) is 21.5 Å². The van der Waals surface area contributed by atoms with Crippen LogP contribution in [0.25, 0.3) is 0 Å². The molecule has 23 heavy (non-hydrogen) atoms. The summed E-state index contributed by atoms with van der Waals surface area (Å²) in [7, 11) is -0.987. The number of aryl methyl sites for hydroxylation is 2. The summed E-state index contributed by atoms with van der Waals surface area (Å²) in [5.74, 6) is -1.07. The molecule has 0 radical (unpaired) electrons. The Balaban J connectivity index is 2.53. The van der Waals surface area contributed by atoms with Crippen molar-refractivity contribution in [2.24, 2.45) is 7.05 Å². The highest BCUT2D eigenvalue weighted by Gasteiger charge is 2.23. The van der Waals surface area contributed by atoms with Gasteiger partial charge in [-0.1, -0.05) is 0 Å². The predicted molar refractivity (Wildman–Crippen MR) is 83.4 cm³/mol. The van der Waals surface area contributed by atoms with Crippen molar-refractivity contribution in [2.45, 2.75) is 18.7 Å². The number of methoxy groups -OCH3 is 1. The SMILES string of the molecule is COc1nn(C)cc1NS(=O)(=O)c1cc(C(=O)O)cc(C)c1C. The van der Waals surface area contributed by atoms with Crippen LogP contribution in [-0.2, 0) is 17.1 Å². The molecule has 0 amide bonds. The molecule has 0 bridgehead atoms. The fourth-order valence-corrected chi connectivity index (χ4v) is 3.50. The molecule has 124 valence electrons. The number of nitrogens with zero attached hydrogens (tertiary/aromatic N) is 2. The molecule has 0 saturated carbocycles. The van der Waals surface area contributed by atoms with Crippen LogP contribution >= 0.6 is 0 Å². The number of hydrogen-bond acceptors (Lipinski definition) is 5. The number of anilines is 1. The lowest BCUT2D eigenvalue weighted by Crippen LogP contribution is -2.16. The lowest BCUT2D eigenvalue weighted by atomic mass is 10.1. The van der Waals surface area contributed by atoms with Crippen LogP contribution in [-0.4, -0.2) is 36.4 Å². The highest BCUT2D eigenvalue weighted by atomic mass is 32.2. The van der Waals surface area contributed by atoms with E-state index in [4.69, 9.17) is 9.84 Å². The van der Waals surface area contributed by atoms with Crippen molar-refractivity contribution < 1.29 is 23.1 Å². The van der Waals surface area contributed by atoms with Crippen LogP contribution in [0.3, 0.4) is 0 Å². The molecule has 0 aliphatic rings. The Morgan fingerprint density at radius 1 is 1.35 bits per heavy atom. The molecule has 9 heteroatoms. The van der Waals surface area contributed by atoms with E-state index in [9.17, 15) is 13.2 Å². The number of rotatable bonds is 5. The third-order valence-electron chi connectivity index (χ3n) is 3.39. The maximum atomic E-state index is 12.6. The first-order chi connectivity index (χ1) is 10.7. The normalized spacial score (nSPS) is 11.3. The number of carboxylic acids is 1. The molecular formula is C14H17N3O5S. The third kappa shape index (κ3) is 3.29. The molecule has 0 unspecified atom stereocenters. The van der Waals surface area contributed by atoms with Gasteiger partial charge in [-0.15, -0.1) is 5.10 Å². The van der Waals surface area contributed by atoms with E-state index in [1.165, 1.54) is 24.1 Å². The van der Waals surface area contributed by atoms with E-state index in [2.05, 4.69) is 9.82 Å². The zero-order valence-electron chi connectivity index (χ0n) is 13.1. The van der Waals surface area contributed by atoms with Crippen LogP contribution in [0.4, 0.5) is 5.69 Å². The molecule has 0 aliphatic carbocycles. The maximum Gasteiger partial charge on any atom is 0.335 e. The Bertz CT molecular complexity index is 871. The Morgan fingerprint density at radius 3 is 2.57 bits per heavy atom. The van der Waals surface area contributed by atoms with E-state index >= 15 is 0 Å². The summed E-state index contributed by atoms with van der Waals surface area (Å²) in [5.41, 5.74) is 1.13. The lowest BCUT2D eigenvalue weighted by Gasteiger charge is -2.12. The van der Waals surface area contributed by atoms with Crippen LogP contribution < -0.4 is 9.46 Å². The molecule has 0 atom stereocenters. The van der Waals surface area contributed by atoms with E-state index in [-0.39, 0.29) is 22.0 Å². The fraction of sp³-hybridized carbons (Fsp3) is 0.286. The summed E-state index contributed by atoms with van der Waals surface area (Å²) in [5, 5.41) is 13.1. The van der Waals surface area contributed by atoms with Crippen molar-refractivity contribution in [2.75, 3.05) is 11.8 Å². The highest BCUT2D eigenvalue weighted by Crippen LogP contribution is 2.27. The van der Waals surface area contributed by atoms with E-state index in [0.717, 1.165) is 6.07 Å².